The highest BCUT2D eigenvalue weighted by Crippen LogP contribution is 2.14. The maximum Gasteiger partial charge on any atom is 0.229 e. The van der Waals surface area contributed by atoms with E-state index in [0.29, 0.717) is 0 Å². The molecule has 0 aliphatic rings. The second-order valence-corrected chi connectivity index (χ2v) is 3.32. The summed E-state index contributed by atoms with van der Waals surface area (Å²) in [5.74, 6) is 5.26. The number of amides is 1. The number of benzene rings is 1. The second-order valence-electron chi connectivity index (χ2n) is 3.32. The highest BCUT2D eigenvalue weighted by Gasteiger charge is 1.97. The number of fused-ring (bicyclic) bond motifs is 1. The lowest BCUT2D eigenvalue weighted by molar-refractivity contribution is -0.117. The first-order valence-corrected chi connectivity index (χ1v) is 4.88. The van der Waals surface area contributed by atoms with Gasteiger partial charge >= 0.3 is 0 Å². The van der Waals surface area contributed by atoms with Gasteiger partial charge in [-0.25, -0.2) is 0 Å². The first kappa shape index (κ1) is 10.2. The molecule has 1 heterocycles. The summed E-state index contributed by atoms with van der Waals surface area (Å²) in [5.41, 5.74) is 6.78. The number of hydrogen-bond acceptors (Lipinski definition) is 2. The summed E-state index contributed by atoms with van der Waals surface area (Å²) in [6.45, 7) is 0. The molecule has 2 N–H and O–H groups in total. The summed E-state index contributed by atoms with van der Waals surface area (Å²) in [4.78, 5) is 14.8. The highest BCUT2D eigenvalue weighted by atomic mass is 16.1. The monoisotopic (exact) mass is 210 g/mol. The summed E-state index contributed by atoms with van der Waals surface area (Å²) < 4.78 is 0. The average molecular weight is 210 g/mol. The van der Waals surface area contributed by atoms with E-state index in [1.54, 1.807) is 6.20 Å². The first-order valence-electron chi connectivity index (χ1n) is 4.88. The van der Waals surface area contributed by atoms with Gasteiger partial charge in [-0.2, -0.15) is 0 Å². The number of para-hydroxylation sites is 1. The van der Waals surface area contributed by atoms with Crippen LogP contribution >= 0.6 is 0 Å². The summed E-state index contributed by atoms with van der Waals surface area (Å²) in [5, 5.41) is 0.988. The Bertz CT molecular complexity index is 588. The van der Waals surface area contributed by atoms with Crippen LogP contribution in [0.3, 0.4) is 0 Å². The van der Waals surface area contributed by atoms with E-state index in [-0.39, 0.29) is 6.42 Å². The molecule has 3 heteroatoms. The van der Waals surface area contributed by atoms with E-state index in [9.17, 15) is 4.79 Å². The van der Waals surface area contributed by atoms with Crippen LogP contribution in [0.15, 0.2) is 36.5 Å². The van der Waals surface area contributed by atoms with Gasteiger partial charge in [0.25, 0.3) is 0 Å². The zero-order chi connectivity index (χ0) is 11.4. The van der Waals surface area contributed by atoms with Gasteiger partial charge in [-0.3, -0.25) is 9.78 Å². The average Bonchev–Trinajstić information content (AvgIpc) is 2.29. The molecule has 0 saturated heterocycles. The lowest BCUT2D eigenvalue weighted by atomic mass is 10.1. The van der Waals surface area contributed by atoms with Crippen LogP contribution in [0.5, 0.6) is 0 Å². The van der Waals surface area contributed by atoms with Crippen molar-refractivity contribution in [3.63, 3.8) is 0 Å². The Balaban J connectivity index is 2.43. The van der Waals surface area contributed by atoms with Gasteiger partial charge in [-0.05, 0) is 12.1 Å². The molecular weight excluding hydrogens is 200 g/mol. The molecule has 0 aliphatic carbocycles. The van der Waals surface area contributed by atoms with Crippen LogP contribution in [0.4, 0.5) is 0 Å². The van der Waals surface area contributed by atoms with Crippen molar-refractivity contribution in [1.82, 2.24) is 4.98 Å². The largest absolute Gasteiger partial charge is 0.369 e. The van der Waals surface area contributed by atoms with Crippen LogP contribution in [-0.2, 0) is 4.79 Å². The molecule has 0 bridgehead atoms. The Kier molecular flexibility index (Phi) is 2.84. The molecule has 0 radical (unpaired) electrons. The quantitative estimate of drug-likeness (QED) is 0.724. The van der Waals surface area contributed by atoms with E-state index in [0.717, 1.165) is 16.5 Å². The zero-order valence-electron chi connectivity index (χ0n) is 8.60. The predicted octanol–water partition coefficient (Wildman–Crippen LogP) is 1.46. The lowest BCUT2D eigenvalue weighted by Gasteiger charge is -1.98. The first-order chi connectivity index (χ1) is 7.77. The fraction of sp³-hybridized carbons (Fsp3) is 0.0769. The van der Waals surface area contributed by atoms with E-state index < -0.39 is 5.91 Å². The molecule has 2 rings (SSSR count). The standard InChI is InChI=1S/C13H10N2O/c14-13(16)7-3-4-10-8-9-15-12-6-2-1-5-11(10)12/h1-2,5-6,8-9H,7H2,(H2,14,16). The number of carbonyl (C=O) groups is 1. The summed E-state index contributed by atoms with van der Waals surface area (Å²) in [7, 11) is 0. The number of carbonyl (C=O) groups excluding carboxylic acids is 1. The molecule has 1 aromatic carbocycles. The van der Waals surface area contributed by atoms with Gasteiger partial charge in [-0.1, -0.05) is 30.0 Å². The Morgan fingerprint density at radius 3 is 2.94 bits per heavy atom. The van der Waals surface area contributed by atoms with Crippen LogP contribution in [0, 0.1) is 11.8 Å². The zero-order valence-corrected chi connectivity index (χ0v) is 8.60. The third-order valence-corrected chi connectivity index (χ3v) is 2.13. The van der Waals surface area contributed by atoms with Gasteiger partial charge in [0.15, 0.2) is 0 Å². The highest BCUT2D eigenvalue weighted by molar-refractivity contribution is 5.85. The number of hydrogen-bond donors (Lipinski definition) is 1. The summed E-state index contributed by atoms with van der Waals surface area (Å²) >= 11 is 0. The van der Waals surface area contributed by atoms with Gasteiger partial charge < -0.3 is 5.73 Å². The van der Waals surface area contributed by atoms with Crippen molar-refractivity contribution in [3.8, 4) is 11.8 Å². The lowest BCUT2D eigenvalue weighted by Crippen LogP contribution is -2.08. The second kappa shape index (κ2) is 4.45. The van der Waals surface area contributed by atoms with Crippen molar-refractivity contribution >= 4 is 16.8 Å². The van der Waals surface area contributed by atoms with Crippen LogP contribution in [0.2, 0.25) is 0 Å². The normalized spacial score (nSPS) is 9.50. The molecule has 78 valence electrons. The molecule has 16 heavy (non-hydrogen) atoms. The van der Waals surface area contributed by atoms with E-state index in [4.69, 9.17) is 5.73 Å². The number of aromatic nitrogens is 1. The Hall–Kier alpha value is -2.34. The predicted molar refractivity (Wildman–Crippen MR) is 62.4 cm³/mol. The minimum atomic E-state index is -0.411. The minimum Gasteiger partial charge on any atom is -0.369 e. The SMILES string of the molecule is NC(=O)CC#Cc1ccnc2ccccc12. The Morgan fingerprint density at radius 1 is 1.31 bits per heavy atom. The number of rotatable bonds is 1. The van der Waals surface area contributed by atoms with Crippen molar-refractivity contribution in [3.05, 3.63) is 42.1 Å². The summed E-state index contributed by atoms with van der Waals surface area (Å²) in [6, 6.07) is 9.57. The van der Waals surface area contributed by atoms with Crippen molar-refractivity contribution < 1.29 is 4.79 Å². The van der Waals surface area contributed by atoms with Gasteiger partial charge in [0.2, 0.25) is 5.91 Å². The fourth-order valence-corrected chi connectivity index (χ4v) is 1.43. The number of pyridine rings is 1. The Morgan fingerprint density at radius 2 is 2.12 bits per heavy atom. The van der Waals surface area contributed by atoms with Gasteiger partial charge in [0.05, 0.1) is 11.9 Å². The van der Waals surface area contributed by atoms with Crippen LogP contribution in [-0.4, -0.2) is 10.9 Å². The number of primary amides is 1. The molecule has 3 nitrogen and oxygen atoms in total. The van der Waals surface area contributed by atoms with Crippen molar-refractivity contribution in [2.24, 2.45) is 5.73 Å². The Labute approximate surface area is 93.3 Å². The third-order valence-electron chi connectivity index (χ3n) is 2.13. The molecule has 0 fully saturated rings. The molecular formula is C13H10N2O. The van der Waals surface area contributed by atoms with Crippen molar-refractivity contribution in [2.75, 3.05) is 0 Å². The summed E-state index contributed by atoms with van der Waals surface area (Å²) in [6.07, 6.45) is 1.78. The van der Waals surface area contributed by atoms with Crippen molar-refractivity contribution in [2.45, 2.75) is 6.42 Å². The maximum absolute atomic E-state index is 10.6. The van der Waals surface area contributed by atoms with Gasteiger partial charge in [0.1, 0.15) is 0 Å². The minimum absolute atomic E-state index is 0.0800. The molecule has 0 saturated carbocycles. The smallest absolute Gasteiger partial charge is 0.229 e. The van der Waals surface area contributed by atoms with E-state index >= 15 is 0 Å². The van der Waals surface area contributed by atoms with Crippen LogP contribution in [0.1, 0.15) is 12.0 Å². The fourth-order valence-electron chi connectivity index (χ4n) is 1.43. The number of nitrogens with zero attached hydrogens (tertiary/aromatic N) is 1. The molecule has 1 amide bonds. The molecule has 0 aliphatic heterocycles. The molecule has 0 spiro atoms. The van der Waals surface area contributed by atoms with E-state index in [1.165, 1.54) is 0 Å². The van der Waals surface area contributed by atoms with Gasteiger partial charge in [0, 0.05) is 17.1 Å². The third kappa shape index (κ3) is 2.18. The van der Waals surface area contributed by atoms with E-state index in [2.05, 4.69) is 16.8 Å². The molecule has 0 unspecified atom stereocenters. The topological polar surface area (TPSA) is 56.0 Å². The molecule has 1 aromatic heterocycles. The number of nitrogens with two attached hydrogens (primary N) is 1. The van der Waals surface area contributed by atoms with Crippen molar-refractivity contribution in [1.29, 1.82) is 0 Å². The maximum atomic E-state index is 10.6. The van der Waals surface area contributed by atoms with E-state index in [1.807, 2.05) is 30.3 Å². The molecule has 0 atom stereocenters. The van der Waals surface area contributed by atoms with Gasteiger partial charge in [-0.15, -0.1) is 0 Å². The van der Waals surface area contributed by atoms with Crippen LogP contribution in [0.25, 0.3) is 10.9 Å². The van der Waals surface area contributed by atoms with Crippen LogP contribution < -0.4 is 5.73 Å². The molecule has 2 aromatic rings.